The molecule has 1 heterocycles. The minimum Gasteiger partial charge on any atom is -0.508 e. The summed E-state index contributed by atoms with van der Waals surface area (Å²) in [5, 5.41) is 19.8. The van der Waals surface area contributed by atoms with Crippen LogP contribution in [-0.4, -0.2) is 41.5 Å². The number of allylic oxidation sites excluding steroid dienone is 1. The maximum atomic E-state index is 13.2. The number of unbranched alkanes of at least 4 members (excludes halogenated alkanes) is 6. The summed E-state index contributed by atoms with van der Waals surface area (Å²) in [6, 6.07) is 12.5. The van der Waals surface area contributed by atoms with Gasteiger partial charge in [-0.15, -0.1) is 0 Å². The molecule has 1 aliphatic heterocycles. The number of carbonyl (C=O) groups is 1. The molecule has 1 aliphatic rings. The highest BCUT2D eigenvalue weighted by Gasteiger charge is 2.56. The van der Waals surface area contributed by atoms with Gasteiger partial charge in [-0.25, -0.2) is 4.79 Å². The highest BCUT2D eigenvalue weighted by Crippen LogP contribution is 2.50. The molecule has 0 saturated heterocycles. The molecule has 10 heteroatoms. The lowest BCUT2D eigenvalue weighted by Gasteiger charge is -2.43. The average molecular weight is 627 g/mol. The first-order chi connectivity index (χ1) is 20.8. The van der Waals surface area contributed by atoms with E-state index in [-0.39, 0.29) is 41.4 Å². The zero-order chi connectivity index (χ0) is 32.4. The van der Waals surface area contributed by atoms with Crippen molar-refractivity contribution < 1.29 is 46.4 Å². The number of ether oxygens (including phenoxy) is 2. The fraction of sp³-hybridized carbons (Fsp3) is 0.559. The molecule has 0 saturated carbocycles. The number of phenolic OH excluding ortho intramolecular Hbond substituents is 2. The molecule has 2 atom stereocenters. The standard InChI is InChI=1S/C34H43F5O5/c1-3-43-31(42)24(13-11-21-33(35,36)34(37,38)39)12-9-7-5-4-6-8-10-14-29-28-20-19-27(41)22-30(28)44-23-32(29,2)25-15-17-26(40)18-16-25/h12,15-20,22,29,40-41H,3-11,13-14,21,23H2,1-2H3. The number of esters is 1. The summed E-state index contributed by atoms with van der Waals surface area (Å²) in [7, 11) is 0. The third kappa shape index (κ3) is 9.35. The first-order valence-electron chi connectivity index (χ1n) is 15.3. The smallest absolute Gasteiger partial charge is 0.453 e. The monoisotopic (exact) mass is 626 g/mol. The highest BCUT2D eigenvalue weighted by molar-refractivity contribution is 5.88. The summed E-state index contributed by atoms with van der Waals surface area (Å²) in [5.74, 6) is -4.26. The molecular weight excluding hydrogens is 583 g/mol. The number of hydrogen-bond donors (Lipinski definition) is 2. The Kier molecular flexibility index (Phi) is 12.5. The van der Waals surface area contributed by atoms with Crippen molar-refractivity contribution in [3.05, 3.63) is 65.2 Å². The summed E-state index contributed by atoms with van der Waals surface area (Å²) in [5.41, 5.74) is 1.95. The van der Waals surface area contributed by atoms with E-state index in [0.29, 0.717) is 18.8 Å². The summed E-state index contributed by atoms with van der Waals surface area (Å²) >= 11 is 0. The number of halogens is 5. The number of hydrogen-bond acceptors (Lipinski definition) is 5. The summed E-state index contributed by atoms with van der Waals surface area (Å²) in [6.07, 6.45) is 1.01. The normalized spacial score (nSPS) is 18.9. The molecular formula is C34H43F5O5. The molecule has 2 aromatic carbocycles. The number of alkyl halides is 5. The van der Waals surface area contributed by atoms with Gasteiger partial charge in [0, 0.05) is 29.4 Å². The number of benzene rings is 2. The van der Waals surface area contributed by atoms with Gasteiger partial charge in [0.2, 0.25) is 0 Å². The van der Waals surface area contributed by atoms with Crippen LogP contribution in [0.3, 0.4) is 0 Å². The van der Waals surface area contributed by atoms with Crippen molar-refractivity contribution >= 4 is 5.97 Å². The van der Waals surface area contributed by atoms with Crippen LogP contribution < -0.4 is 4.74 Å². The molecule has 0 amide bonds. The van der Waals surface area contributed by atoms with Gasteiger partial charge in [0.15, 0.2) is 0 Å². The van der Waals surface area contributed by atoms with E-state index in [1.165, 1.54) is 0 Å². The first-order valence-corrected chi connectivity index (χ1v) is 15.3. The van der Waals surface area contributed by atoms with Gasteiger partial charge in [-0.2, -0.15) is 22.0 Å². The van der Waals surface area contributed by atoms with Crippen molar-refractivity contribution in [3.8, 4) is 17.2 Å². The third-order valence-corrected chi connectivity index (χ3v) is 8.42. The van der Waals surface area contributed by atoms with Gasteiger partial charge in [0.1, 0.15) is 17.2 Å². The van der Waals surface area contributed by atoms with E-state index >= 15 is 0 Å². The molecule has 0 aliphatic carbocycles. The summed E-state index contributed by atoms with van der Waals surface area (Å²) in [6.45, 7) is 4.31. The molecule has 2 N–H and O–H groups in total. The Balaban J connectivity index is 1.47. The number of rotatable bonds is 16. The minimum atomic E-state index is -5.60. The predicted octanol–water partition coefficient (Wildman–Crippen LogP) is 9.51. The topological polar surface area (TPSA) is 76.0 Å². The van der Waals surface area contributed by atoms with Crippen LogP contribution in [0.4, 0.5) is 22.0 Å². The van der Waals surface area contributed by atoms with Crippen LogP contribution in [0.5, 0.6) is 17.2 Å². The van der Waals surface area contributed by atoms with E-state index in [9.17, 15) is 37.0 Å². The molecule has 2 aromatic rings. The fourth-order valence-corrected chi connectivity index (χ4v) is 5.84. The third-order valence-electron chi connectivity index (χ3n) is 8.42. The van der Waals surface area contributed by atoms with Crippen molar-refractivity contribution in [2.45, 2.75) is 108 Å². The molecule has 5 nitrogen and oxygen atoms in total. The summed E-state index contributed by atoms with van der Waals surface area (Å²) in [4.78, 5) is 12.2. The van der Waals surface area contributed by atoms with E-state index in [1.54, 1.807) is 37.3 Å². The summed E-state index contributed by atoms with van der Waals surface area (Å²) < 4.78 is 74.8. The molecule has 0 aromatic heterocycles. The molecule has 244 valence electrons. The minimum absolute atomic E-state index is 0.0882. The number of phenols is 2. The highest BCUT2D eigenvalue weighted by atomic mass is 19.4. The van der Waals surface area contributed by atoms with Crippen LogP contribution in [0.2, 0.25) is 0 Å². The lowest BCUT2D eigenvalue weighted by Crippen LogP contribution is -2.40. The predicted molar refractivity (Wildman–Crippen MR) is 158 cm³/mol. The van der Waals surface area contributed by atoms with Crippen molar-refractivity contribution in [1.82, 2.24) is 0 Å². The van der Waals surface area contributed by atoms with Crippen LogP contribution in [0, 0.1) is 0 Å². The van der Waals surface area contributed by atoms with E-state index in [4.69, 9.17) is 9.47 Å². The lowest BCUT2D eigenvalue weighted by atomic mass is 9.66. The van der Waals surface area contributed by atoms with Crippen LogP contribution in [0.1, 0.15) is 102 Å². The number of fused-ring (bicyclic) bond motifs is 1. The van der Waals surface area contributed by atoms with Crippen LogP contribution in [0.15, 0.2) is 54.1 Å². The van der Waals surface area contributed by atoms with Gasteiger partial charge in [-0.3, -0.25) is 0 Å². The molecule has 0 bridgehead atoms. The molecule has 3 rings (SSSR count). The largest absolute Gasteiger partial charge is 0.508 e. The van der Waals surface area contributed by atoms with Crippen LogP contribution >= 0.6 is 0 Å². The second-order valence-corrected chi connectivity index (χ2v) is 11.7. The first kappa shape index (κ1) is 35.2. The Morgan fingerprint density at radius 3 is 2.25 bits per heavy atom. The fourth-order valence-electron chi connectivity index (χ4n) is 5.84. The average Bonchev–Trinajstić information content (AvgIpc) is 2.96. The van der Waals surface area contributed by atoms with E-state index in [0.717, 1.165) is 56.1 Å². The van der Waals surface area contributed by atoms with Gasteiger partial charge in [0.25, 0.3) is 0 Å². The van der Waals surface area contributed by atoms with Gasteiger partial charge in [0.05, 0.1) is 13.2 Å². The number of aromatic hydroxyl groups is 2. The number of carbonyl (C=O) groups excluding carboxylic acids is 1. The maximum Gasteiger partial charge on any atom is 0.453 e. The zero-order valence-corrected chi connectivity index (χ0v) is 25.4. The lowest BCUT2D eigenvalue weighted by molar-refractivity contribution is -0.284. The van der Waals surface area contributed by atoms with Crippen molar-refractivity contribution in [2.24, 2.45) is 0 Å². The second kappa shape index (κ2) is 15.6. The van der Waals surface area contributed by atoms with Gasteiger partial charge in [-0.1, -0.05) is 63.3 Å². The Morgan fingerprint density at radius 1 is 0.955 bits per heavy atom. The second-order valence-electron chi connectivity index (χ2n) is 11.7. The SMILES string of the molecule is CCOC(=O)C(=CCCCCCCCCC1c2ccc(O)cc2OCC1(C)c1ccc(O)cc1)CCCC(F)(F)C(F)(F)F. The van der Waals surface area contributed by atoms with E-state index in [2.05, 4.69) is 6.92 Å². The molecule has 44 heavy (non-hydrogen) atoms. The van der Waals surface area contributed by atoms with Crippen LogP contribution in [-0.2, 0) is 14.9 Å². The van der Waals surface area contributed by atoms with E-state index < -0.39 is 30.9 Å². The molecule has 0 radical (unpaired) electrons. The van der Waals surface area contributed by atoms with Gasteiger partial charge < -0.3 is 19.7 Å². The quantitative estimate of drug-likeness (QED) is 0.0840. The Bertz CT molecular complexity index is 1240. The molecule has 2 unspecified atom stereocenters. The molecule has 0 spiro atoms. The maximum absolute atomic E-state index is 13.2. The molecule has 0 fully saturated rings. The Hall–Kier alpha value is -3.30. The van der Waals surface area contributed by atoms with Crippen LogP contribution in [0.25, 0.3) is 0 Å². The zero-order valence-electron chi connectivity index (χ0n) is 25.4. The van der Waals surface area contributed by atoms with Gasteiger partial charge >= 0.3 is 18.1 Å². The van der Waals surface area contributed by atoms with Gasteiger partial charge in [-0.05, 0) is 68.4 Å². The van der Waals surface area contributed by atoms with Crippen molar-refractivity contribution in [3.63, 3.8) is 0 Å². The van der Waals surface area contributed by atoms with Crippen molar-refractivity contribution in [2.75, 3.05) is 13.2 Å². The van der Waals surface area contributed by atoms with E-state index in [1.807, 2.05) is 18.2 Å². The van der Waals surface area contributed by atoms with Crippen molar-refractivity contribution in [1.29, 1.82) is 0 Å². The Labute approximate surface area is 256 Å². The Morgan fingerprint density at radius 2 is 1.59 bits per heavy atom.